The van der Waals surface area contributed by atoms with Crippen molar-refractivity contribution in [3.63, 3.8) is 0 Å². The third-order valence-electron chi connectivity index (χ3n) is 4.42. The van der Waals surface area contributed by atoms with Crippen LogP contribution in [0.4, 0.5) is 0 Å². The van der Waals surface area contributed by atoms with Crippen LogP contribution in [0.3, 0.4) is 0 Å². The third kappa shape index (κ3) is 2.27. The molecule has 2 N–H and O–H groups in total. The van der Waals surface area contributed by atoms with Gasteiger partial charge in [0.05, 0.1) is 29.8 Å². The van der Waals surface area contributed by atoms with Crippen LogP contribution in [0.15, 0.2) is 43.1 Å². The number of imidazole rings is 1. The van der Waals surface area contributed by atoms with Crippen LogP contribution >= 0.6 is 0 Å². The first-order valence-corrected chi connectivity index (χ1v) is 7.86. The summed E-state index contributed by atoms with van der Waals surface area (Å²) >= 11 is 0. The van der Waals surface area contributed by atoms with Gasteiger partial charge in [-0.25, -0.2) is 4.98 Å². The fraction of sp³-hybridized carbons (Fsp3) is 0.100. The molecule has 0 bridgehead atoms. The number of hydrogen-bond acceptors (Lipinski definition) is 3. The summed E-state index contributed by atoms with van der Waals surface area (Å²) < 4.78 is 5.60. The Labute approximate surface area is 144 Å². The molecular weight excluding hydrogens is 312 g/mol. The SMILES string of the molecule is C=C(c1nc2ccc(C#N)cc2[nH]1)c1c(OC)cc(C)c2[nH]ccc12. The standard InChI is InChI=1S/C20H16N4O/c1-11-8-17(25-3)18(14-6-7-22-19(11)14)12(2)20-23-15-5-4-13(10-21)9-16(15)24-20/h4-9,22H,2H2,1,3H3,(H,23,24). The number of aromatic nitrogens is 3. The largest absolute Gasteiger partial charge is 0.496 e. The molecule has 0 unspecified atom stereocenters. The molecular formula is C20H16N4O. The van der Waals surface area contributed by atoms with Crippen LogP contribution in [-0.4, -0.2) is 22.1 Å². The summed E-state index contributed by atoms with van der Waals surface area (Å²) in [6.07, 6.45) is 1.91. The van der Waals surface area contributed by atoms with Gasteiger partial charge in [0.15, 0.2) is 0 Å². The van der Waals surface area contributed by atoms with Gasteiger partial charge in [-0.05, 0) is 42.8 Å². The Bertz CT molecular complexity index is 1170. The lowest BCUT2D eigenvalue weighted by molar-refractivity contribution is 0.414. The minimum atomic E-state index is 0.592. The second kappa shape index (κ2) is 5.53. The van der Waals surface area contributed by atoms with Crippen molar-refractivity contribution in [3.8, 4) is 11.8 Å². The number of hydrogen-bond donors (Lipinski definition) is 2. The number of benzene rings is 2. The topological polar surface area (TPSA) is 77.5 Å². The van der Waals surface area contributed by atoms with E-state index in [0.29, 0.717) is 11.4 Å². The summed E-state index contributed by atoms with van der Waals surface area (Å²) in [6.45, 7) is 6.29. The zero-order valence-electron chi connectivity index (χ0n) is 14.0. The Hall–Kier alpha value is -3.52. The number of aryl methyl sites for hydroxylation is 1. The van der Waals surface area contributed by atoms with E-state index in [1.54, 1.807) is 19.2 Å². The lowest BCUT2D eigenvalue weighted by atomic mass is 9.98. The predicted molar refractivity (Wildman–Crippen MR) is 98.5 cm³/mol. The van der Waals surface area contributed by atoms with Crippen LogP contribution < -0.4 is 4.74 Å². The number of methoxy groups -OCH3 is 1. The van der Waals surface area contributed by atoms with E-state index in [2.05, 4.69) is 27.6 Å². The molecule has 122 valence electrons. The van der Waals surface area contributed by atoms with Gasteiger partial charge in [-0.2, -0.15) is 5.26 Å². The van der Waals surface area contributed by atoms with E-state index in [1.807, 2.05) is 31.3 Å². The molecule has 25 heavy (non-hydrogen) atoms. The molecule has 4 rings (SSSR count). The Morgan fingerprint density at radius 1 is 1.28 bits per heavy atom. The van der Waals surface area contributed by atoms with E-state index < -0.39 is 0 Å². The van der Waals surface area contributed by atoms with Gasteiger partial charge in [0.25, 0.3) is 0 Å². The van der Waals surface area contributed by atoms with Crippen molar-refractivity contribution in [2.24, 2.45) is 0 Å². The summed E-state index contributed by atoms with van der Waals surface area (Å²) in [4.78, 5) is 11.2. The van der Waals surface area contributed by atoms with E-state index in [-0.39, 0.29) is 0 Å². The molecule has 0 aliphatic carbocycles. The maximum atomic E-state index is 9.06. The Morgan fingerprint density at radius 3 is 2.88 bits per heavy atom. The van der Waals surface area contributed by atoms with E-state index in [1.165, 1.54) is 0 Å². The highest BCUT2D eigenvalue weighted by atomic mass is 16.5. The maximum Gasteiger partial charge on any atom is 0.138 e. The number of nitrogens with one attached hydrogen (secondary N) is 2. The molecule has 2 aromatic carbocycles. The number of ether oxygens (including phenoxy) is 1. The normalized spacial score (nSPS) is 10.9. The quantitative estimate of drug-likeness (QED) is 0.589. The zero-order chi connectivity index (χ0) is 17.6. The lowest BCUT2D eigenvalue weighted by Gasteiger charge is -2.13. The average Bonchev–Trinajstić information content (AvgIpc) is 3.27. The fourth-order valence-corrected chi connectivity index (χ4v) is 3.19. The summed E-state index contributed by atoms with van der Waals surface area (Å²) in [5.41, 5.74) is 6.02. The Balaban J connectivity index is 1.92. The molecule has 0 fully saturated rings. The minimum Gasteiger partial charge on any atom is -0.496 e. The van der Waals surface area contributed by atoms with Crippen LogP contribution in [0, 0.1) is 18.3 Å². The van der Waals surface area contributed by atoms with Crippen molar-refractivity contribution in [1.29, 1.82) is 5.26 Å². The summed E-state index contributed by atoms with van der Waals surface area (Å²) in [5.74, 6) is 1.42. The van der Waals surface area contributed by atoms with E-state index >= 15 is 0 Å². The highest BCUT2D eigenvalue weighted by Crippen LogP contribution is 2.37. The third-order valence-corrected chi connectivity index (χ3v) is 4.42. The summed E-state index contributed by atoms with van der Waals surface area (Å²) in [6, 6.07) is 11.5. The maximum absolute atomic E-state index is 9.06. The van der Waals surface area contributed by atoms with Gasteiger partial charge in [0, 0.05) is 28.2 Å². The first-order chi connectivity index (χ1) is 12.1. The van der Waals surface area contributed by atoms with E-state index in [9.17, 15) is 0 Å². The first kappa shape index (κ1) is 15.0. The molecule has 0 radical (unpaired) electrons. The van der Waals surface area contributed by atoms with Gasteiger partial charge in [0.2, 0.25) is 0 Å². The number of aromatic amines is 2. The molecule has 5 heteroatoms. The molecule has 0 aliphatic heterocycles. The van der Waals surface area contributed by atoms with Crippen molar-refractivity contribution in [2.75, 3.05) is 7.11 Å². The van der Waals surface area contributed by atoms with Crippen LogP contribution in [0.5, 0.6) is 5.75 Å². The van der Waals surface area contributed by atoms with Gasteiger partial charge < -0.3 is 14.7 Å². The van der Waals surface area contributed by atoms with E-state index in [0.717, 1.165) is 44.4 Å². The summed E-state index contributed by atoms with van der Waals surface area (Å²) in [5, 5.41) is 10.1. The second-order valence-corrected chi connectivity index (χ2v) is 5.94. The van der Waals surface area contributed by atoms with Gasteiger partial charge in [-0.1, -0.05) is 6.58 Å². The smallest absolute Gasteiger partial charge is 0.138 e. The number of fused-ring (bicyclic) bond motifs is 2. The molecule has 0 spiro atoms. The highest BCUT2D eigenvalue weighted by molar-refractivity contribution is 5.99. The van der Waals surface area contributed by atoms with Crippen LogP contribution in [-0.2, 0) is 0 Å². The molecule has 5 nitrogen and oxygen atoms in total. The van der Waals surface area contributed by atoms with Crippen LogP contribution in [0.1, 0.15) is 22.5 Å². The van der Waals surface area contributed by atoms with Crippen LogP contribution in [0.25, 0.3) is 27.5 Å². The molecule has 2 heterocycles. The number of nitrogens with zero attached hydrogens (tertiary/aromatic N) is 2. The van der Waals surface area contributed by atoms with Crippen molar-refractivity contribution in [3.05, 3.63) is 65.6 Å². The molecule has 2 aromatic heterocycles. The van der Waals surface area contributed by atoms with Gasteiger partial charge in [0.1, 0.15) is 11.6 Å². The van der Waals surface area contributed by atoms with E-state index in [4.69, 9.17) is 10.00 Å². The van der Waals surface area contributed by atoms with Crippen molar-refractivity contribution in [2.45, 2.75) is 6.92 Å². The average molecular weight is 328 g/mol. The molecule has 0 aliphatic rings. The number of rotatable bonds is 3. The second-order valence-electron chi connectivity index (χ2n) is 5.94. The number of H-pyrrole nitrogens is 2. The fourth-order valence-electron chi connectivity index (χ4n) is 3.19. The van der Waals surface area contributed by atoms with Crippen LogP contribution in [0.2, 0.25) is 0 Å². The number of nitriles is 1. The van der Waals surface area contributed by atoms with Crippen molar-refractivity contribution >= 4 is 27.5 Å². The molecule has 0 saturated heterocycles. The molecule has 4 aromatic rings. The predicted octanol–water partition coefficient (Wildman–Crippen LogP) is 4.29. The Morgan fingerprint density at radius 2 is 2.12 bits per heavy atom. The van der Waals surface area contributed by atoms with Gasteiger partial charge in [-0.15, -0.1) is 0 Å². The lowest BCUT2D eigenvalue weighted by Crippen LogP contribution is -1.96. The monoisotopic (exact) mass is 328 g/mol. The zero-order valence-corrected chi connectivity index (χ0v) is 14.0. The first-order valence-electron chi connectivity index (χ1n) is 7.86. The highest BCUT2D eigenvalue weighted by Gasteiger charge is 2.18. The van der Waals surface area contributed by atoms with Crippen molar-refractivity contribution in [1.82, 2.24) is 15.0 Å². The Kier molecular flexibility index (Phi) is 3.33. The van der Waals surface area contributed by atoms with Gasteiger partial charge in [-0.3, -0.25) is 0 Å². The minimum absolute atomic E-state index is 0.592. The molecule has 0 amide bonds. The van der Waals surface area contributed by atoms with Gasteiger partial charge >= 0.3 is 0 Å². The van der Waals surface area contributed by atoms with Crippen molar-refractivity contribution < 1.29 is 4.74 Å². The summed E-state index contributed by atoms with van der Waals surface area (Å²) in [7, 11) is 1.65. The molecule has 0 atom stereocenters. The molecule has 0 saturated carbocycles.